The molecule has 0 saturated carbocycles. The van der Waals surface area contributed by atoms with Gasteiger partial charge in [0.1, 0.15) is 12.1 Å². The van der Waals surface area contributed by atoms with Gasteiger partial charge in [0.15, 0.2) is 0 Å². The monoisotopic (exact) mass is 339 g/mol. The van der Waals surface area contributed by atoms with E-state index in [1.807, 2.05) is 39.0 Å². The molecule has 0 atom stereocenters. The first-order valence-corrected chi connectivity index (χ1v) is 7.65. The van der Waals surface area contributed by atoms with Crippen molar-refractivity contribution in [3.8, 4) is 17.4 Å². The first-order valence-electron chi connectivity index (χ1n) is 7.65. The number of ether oxygens (including phenoxy) is 1. The summed E-state index contributed by atoms with van der Waals surface area (Å²) >= 11 is 0. The van der Waals surface area contributed by atoms with E-state index in [0.717, 1.165) is 22.5 Å². The van der Waals surface area contributed by atoms with E-state index < -0.39 is 4.92 Å². The lowest BCUT2D eigenvalue weighted by Gasteiger charge is -2.09. The van der Waals surface area contributed by atoms with Crippen LogP contribution in [0, 0.1) is 37.8 Å². The summed E-state index contributed by atoms with van der Waals surface area (Å²) in [6.45, 7) is 7.53. The maximum atomic E-state index is 11.6. The second kappa shape index (κ2) is 6.31. The van der Waals surface area contributed by atoms with Gasteiger partial charge in [0.25, 0.3) is 0 Å². The van der Waals surface area contributed by atoms with E-state index in [1.54, 1.807) is 13.0 Å². The van der Waals surface area contributed by atoms with E-state index in [0.29, 0.717) is 5.75 Å². The highest BCUT2D eigenvalue weighted by atomic mass is 16.6. The number of aryl methyl sites for hydroxylation is 4. The standard InChI is InChI=1S/C17H17N5O3/c1-10-5-6-14(7-11(10)2)25-17-15(22(23)24)16(18-9-19-17)21-13(4)8-12(3)20-21/h5-9H,1-4H3. The molecule has 1 aromatic carbocycles. The van der Waals surface area contributed by atoms with Gasteiger partial charge in [-0.1, -0.05) is 6.07 Å². The Kier molecular flexibility index (Phi) is 4.18. The molecule has 0 unspecified atom stereocenters. The molecule has 128 valence electrons. The molecule has 8 heteroatoms. The molecule has 0 spiro atoms. The largest absolute Gasteiger partial charge is 0.434 e. The molecule has 25 heavy (non-hydrogen) atoms. The average Bonchev–Trinajstić information content (AvgIpc) is 2.89. The zero-order valence-corrected chi connectivity index (χ0v) is 14.3. The summed E-state index contributed by atoms with van der Waals surface area (Å²) in [6.07, 6.45) is 1.23. The molecule has 8 nitrogen and oxygen atoms in total. The van der Waals surface area contributed by atoms with Crippen LogP contribution in [0.5, 0.6) is 11.6 Å². The summed E-state index contributed by atoms with van der Waals surface area (Å²) in [5.74, 6) is 0.430. The molecule has 0 aliphatic carbocycles. The fourth-order valence-corrected chi connectivity index (χ4v) is 2.48. The van der Waals surface area contributed by atoms with Gasteiger partial charge in [-0.3, -0.25) is 10.1 Å². The van der Waals surface area contributed by atoms with E-state index in [9.17, 15) is 10.1 Å². The fraction of sp³-hybridized carbons (Fsp3) is 0.235. The SMILES string of the molecule is Cc1cc(C)n(-c2ncnc(Oc3ccc(C)c(C)c3)c2[N+](=O)[O-])n1. The number of hydrogen-bond acceptors (Lipinski definition) is 6. The lowest BCUT2D eigenvalue weighted by molar-refractivity contribution is -0.386. The molecular formula is C17H17N5O3. The number of nitro groups is 1. The third-order valence-electron chi connectivity index (χ3n) is 3.86. The van der Waals surface area contributed by atoms with Crippen molar-refractivity contribution < 1.29 is 9.66 Å². The lowest BCUT2D eigenvalue weighted by Crippen LogP contribution is -2.08. The van der Waals surface area contributed by atoms with E-state index in [-0.39, 0.29) is 17.4 Å². The van der Waals surface area contributed by atoms with E-state index in [1.165, 1.54) is 11.0 Å². The summed E-state index contributed by atoms with van der Waals surface area (Å²) in [5, 5.41) is 15.9. The van der Waals surface area contributed by atoms with Crippen LogP contribution in [0.25, 0.3) is 5.82 Å². The van der Waals surface area contributed by atoms with Gasteiger partial charge in [-0.2, -0.15) is 10.1 Å². The first-order chi connectivity index (χ1) is 11.9. The van der Waals surface area contributed by atoms with Crippen molar-refractivity contribution in [2.45, 2.75) is 27.7 Å². The van der Waals surface area contributed by atoms with Gasteiger partial charge in [-0.05, 0) is 57.0 Å². The van der Waals surface area contributed by atoms with Crippen LogP contribution in [0.4, 0.5) is 5.69 Å². The van der Waals surface area contributed by atoms with Crippen molar-refractivity contribution in [1.82, 2.24) is 19.7 Å². The Morgan fingerprint density at radius 2 is 1.84 bits per heavy atom. The van der Waals surface area contributed by atoms with Gasteiger partial charge in [0.05, 0.1) is 10.6 Å². The van der Waals surface area contributed by atoms with Crippen molar-refractivity contribution in [3.63, 3.8) is 0 Å². The average molecular weight is 339 g/mol. The third-order valence-corrected chi connectivity index (χ3v) is 3.86. The Balaban J connectivity index is 2.11. The molecule has 0 aliphatic rings. The maximum Gasteiger partial charge on any atom is 0.375 e. The van der Waals surface area contributed by atoms with E-state index in [2.05, 4.69) is 15.1 Å². The number of hydrogen-bond donors (Lipinski definition) is 0. The molecular weight excluding hydrogens is 322 g/mol. The molecule has 0 amide bonds. The topological polar surface area (TPSA) is 96.0 Å². The second-order valence-corrected chi connectivity index (χ2v) is 5.80. The molecule has 0 radical (unpaired) electrons. The Morgan fingerprint density at radius 3 is 2.44 bits per heavy atom. The molecule has 2 heterocycles. The van der Waals surface area contributed by atoms with Crippen molar-refractivity contribution in [1.29, 1.82) is 0 Å². The van der Waals surface area contributed by atoms with Crippen LogP contribution >= 0.6 is 0 Å². The zero-order valence-electron chi connectivity index (χ0n) is 14.3. The fourth-order valence-electron chi connectivity index (χ4n) is 2.48. The summed E-state index contributed by atoms with van der Waals surface area (Å²) in [7, 11) is 0. The summed E-state index contributed by atoms with van der Waals surface area (Å²) < 4.78 is 7.10. The minimum absolute atomic E-state index is 0.0735. The van der Waals surface area contributed by atoms with Crippen LogP contribution in [0.15, 0.2) is 30.6 Å². The van der Waals surface area contributed by atoms with Crippen LogP contribution in [0.2, 0.25) is 0 Å². The summed E-state index contributed by atoms with van der Waals surface area (Å²) in [5.41, 5.74) is 3.27. The molecule has 0 fully saturated rings. The Bertz CT molecular complexity index is 965. The van der Waals surface area contributed by atoms with Gasteiger partial charge in [-0.25, -0.2) is 9.67 Å². The molecule has 2 aromatic heterocycles. The van der Waals surface area contributed by atoms with E-state index in [4.69, 9.17) is 4.74 Å². The van der Waals surface area contributed by atoms with Crippen molar-refractivity contribution in [2.24, 2.45) is 0 Å². The Morgan fingerprint density at radius 1 is 1.08 bits per heavy atom. The molecule has 0 bridgehead atoms. The second-order valence-electron chi connectivity index (χ2n) is 5.80. The Hall–Kier alpha value is -3.29. The van der Waals surface area contributed by atoms with Gasteiger partial charge < -0.3 is 4.74 Å². The van der Waals surface area contributed by atoms with Gasteiger partial charge >= 0.3 is 11.6 Å². The van der Waals surface area contributed by atoms with Crippen molar-refractivity contribution >= 4 is 5.69 Å². The number of aromatic nitrogens is 4. The predicted molar refractivity (Wildman–Crippen MR) is 91.3 cm³/mol. The normalized spacial score (nSPS) is 10.7. The molecule has 3 aromatic rings. The van der Waals surface area contributed by atoms with Gasteiger partial charge in [-0.15, -0.1) is 0 Å². The van der Waals surface area contributed by atoms with Gasteiger partial charge in [0.2, 0.25) is 5.82 Å². The summed E-state index contributed by atoms with van der Waals surface area (Å²) in [6, 6.07) is 7.26. The number of rotatable bonds is 4. The van der Waals surface area contributed by atoms with Crippen molar-refractivity contribution in [2.75, 3.05) is 0 Å². The minimum Gasteiger partial charge on any atom is -0.434 e. The quantitative estimate of drug-likeness (QED) is 0.532. The Labute approximate surface area is 144 Å². The van der Waals surface area contributed by atoms with Gasteiger partial charge in [0, 0.05) is 5.69 Å². The maximum absolute atomic E-state index is 11.6. The highest BCUT2D eigenvalue weighted by Gasteiger charge is 2.27. The number of benzene rings is 1. The van der Waals surface area contributed by atoms with Crippen LogP contribution in [-0.2, 0) is 0 Å². The minimum atomic E-state index is -0.553. The predicted octanol–water partition coefficient (Wildman–Crippen LogP) is 3.60. The van der Waals surface area contributed by atoms with Crippen LogP contribution < -0.4 is 4.74 Å². The molecule has 0 saturated heterocycles. The van der Waals surface area contributed by atoms with Crippen LogP contribution in [0.1, 0.15) is 22.5 Å². The summed E-state index contributed by atoms with van der Waals surface area (Å²) in [4.78, 5) is 19.1. The van der Waals surface area contributed by atoms with Crippen LogP contribution in [-0.4, -0.2) is 24.7 Å². The highest BCUT2D eigenvalue weighted by Crippen LogP contribution is 2.33. The zero-order chi connectivity index (χ0) is 18.1. The smallest absolute Gasteiger partial charge is 0.375 e. The molecule has 0 aliphatic heterocycles. The molecule has 3 rings (SSSR count). The highest BCUT2D eigenvalue weighted by molar-refractivity contribution is 5.55. The first kappa shape index (κ1) is 16.6. The number of nitrogens with zero attached hydrogens (tertiary/aromatic N) is 5. The van der Waals surface area contributed by atoms with E-state index >= 15 is 0 Å². The lowest BCUT2D eigenvalue weighted by atomic mass is 10.1. The molecule has 0 N–H and O–H groups in total. The van der Waals surface area contributed by atoms with Crippen molar-refractivity contribution in [3.05, 3.63) is 63.2 Å². The third kappa shape index (κ3) is 3.18. The van der Waals surface area contributed by atoms with Crippen LogP contribution in [0.3, 0.4) is 0 Å².